The maximum absolute atomic E-state index is 11.6. The third-order valence-electron chi connectivity index (χ3n) is 3.00. The molecule has 0 atom stereocenters. The van der Waals surface area contributed by atoms with Gasteiger partial charge in [0.15, 0.2) is 9.84 Å². The zero-order valence-corrected chi connectivity index (χ0v) is 11.9. The normalized spacial score (nSPS) is 19.2. The van der Waals surface area contributed by atoms with Crippen molar-refractivity contribution in [2.45, 2.75) is 19.8 Å². The standard InChI is InChI=1S/C12H22N2O3S/c1-11-4-7-14(8-5-11)10-12(15)13-6-3-9-18(2,16)17/h3,9,11H,4-8,10H2,1-2H3,(H,13,15)/b9-3+. The maximum atomic E-state index is 11.6. The highest BCUT2D eigenvalue weighted by molar-refractivity contribution is 7.93. The molecule has 1 N–H and O–H groups in total. The molecule has 0 spiro atoms. The van der Waals surface area contributed by atoms with Gasteiger partial charge >= 0.3 is 0 Å². The zero-order valence-electron chi connectivity index (χ0n) is 11.1. The van der Waals surface area contributed by atoms with Crippen LogP contribution in [0.1, 0.15) is 19.8 Å². The molecule has 0 aromatic rings. The molecule has 0 saturated carbocycles. The number of nitrogens with one attached hydrogen (secondary N) is 1. The van der Waals surface area contributed by atoms with E-state index in [0.29, 0.717) is 6.54 Å². The number of hydrogen-bond donors (Lipinski definition) is 1. The van der Waals surface area contributed by atoms with E-state index in [0.717, 1.165) is 43.5 Å². The first-order chi connectivity index (χ1) is 8.37. The monoisotopic (exact) mass is 274 g/mol. The average molecular weight is 274 g/mol. The van der Waals surface area contributed by atoms with Crippen molar-refractivity contribution in [3.8, 4) is 0 Å². The Hall–Kier alpha value is -0.880. The number of piperidine rings is 1. The molecule has 1 rings (SSSR count). The highest BCUT2D eigenvalue weighted by Gasteiger charge is 2.17. The summed E-state index contributed by atoms with van der Waals surface area (Å²) < 4.78 is 21.6. The van der Waals surface area contributed by atoms with E-state index in [4.69, 9.17) is 0 Å². The Morgan fingerprint density at radius 3 is 2.56 bits per heavy atom. The van der Waals surface area contributed by atoms with Crippen molar-refractivity contribution < 1.29 is 13.2 Å². The van der Waals surface area contributed by atoms with E-state index in [9.17, 15) is 13.2 Å². The molecule has 0 aromatic heterocycles. The minimum Gasteiger partial charge on any atom is -0.351 e. The van der Waals surface area contributed by atoms with Crippen LogP contribution in [0.2, 0.25) is 0 Å². The molecule has 0 aromatic carbocycles. The molecule has 1 aliphatic rings. The molecule has 5 nitrogen and oxygen atoms in total. The quantitative estimate of drug-likeness (QED) is 0.788. The summed E-state index contributed by atoms with van der Waals surface area (Å²) in [5.74, 6) is 0.699. The van der Waals surface area contributed by atoms with Crippen LogP contribution in [0, 0.1) is 5.92 Å². The molecule has 1 amide bonds. The molecule has 18 heavy (non-hydrogen) atoms. The molecule has 1 heterocycles. The summed E-state index contributed by atoms with van der Waals surface area (Å²) in [6.07, 6.45) is 4.86. The number of carbonyl (C=O) groups excluding carboxylic acids is 1. The van der Waals surface area contributed by atoms with E-state index in [-0.39, 0.29) is 12.5 Å². The van der Waals surface area contributed by atoms with E-state index in [2.05, 4.69) is 17.1 Å². The Labute approximate surface area is 109 Å². The number of rotatable bonds is 5. The Bertz CT molecular complexity index is 396. The van der Waals surface area contributed by atoms with E-state index in [1.54, 1.807) is 0 Å². The van der Waals surface area contributed by atoms with E-state index in [1.165, 1.54) is 6.08 Å². The summed E-state index contributed by atoms with van der Waals surface area (Å²) in [6.45, 7) is 4.82. The molecule has 6 heteroatoms. The summed E-state index contributed by atoms with van der Waals surface area (Å²) in [6, 6.07) is 0. The minimum absolute atomic E-state index is 0.0531. The fourth-order valence-corrected chi connectivity index (χ4v) is 2.32. The van der Waals surface area contributed by atoms with Gasteiger partial charge in [-0.1, -0.05) is 13.0 Å². The zero-order chi connectivity index (χ0) is 13.6. The third kappa shape index (κ3) is 6.76. The van der Waals surface area contributed by atoms with E-state index in [1.807, 2.05) is 0 Å². The highest BCUT2D eigenvalue weighted by atomic mass is 32.2. The van der Waals surface area contributed by atoms with Crippen molar-refractivity contribution in [2.75, 3.05) is 32.4 Å². The first-order valence-corrected chi connectivity index (χ1v) is 8.18. The highest BCUT2D eigenvalue weighted by Crippen LogP contribution is 2.15. The first kappa shape index (κ1) is 15.2. The van der Waals surface area contributed by atoms with Crippen molar-refractivity contribution in [3.63, 3.8) is 0 Å². The van der Waals surface area contributed by atoms with Crippen LogP contribution in [-0.2, 0) is 14.6 Å². The van der Waals surface area contributed by atoms with Crippen LogP contribution in [-0.4, -0.2) is 51.7 Å². The number of amides is 1. The second-order valence-electron chi connectivity index (χ2n) is 4.96. The lowest BCUT2D eigenvalue weighted by Crippen LogP contribution is -2.41. The number of carbonyl (C=O) groups is 1. The second kappa shape index (κ2) is 6.89. The van der Waals surface area contributed by atoms with Crippen LogP contribution in [0.15, 0.2) is 11.5 Å². The largest absolute Gasteiger partial charge is 0.351 e. The second-order valence-corrected chi connectivity index (χ2v) is 6.90. The van der Waals surface area contributed by atoms with Gasteiger partial charge < -0.3 is 5.32 Å². The van der Waals surface area contributed by atoms with Gasteiger partial charge in [0.1, 0.15) is 0 Å². The molecular formula is C12H22N2O3S. The fourth-order valence-electron chi connectivity index (χ4n) is 1.87. The lowest BCUT2D eigenvalue weighted by molar-refractivity contribution is -0.122. The van der Waals surface area contributed by atoms with Crippen molar-refractivity contribution in [3.05, 3.63) is 11.5 Å². The molecule has 104 valence electrons. The van der Waals surface area contributed by atoms with Crippen LogP contribution < -0.4 is 5.32 Å². The Balaban J connectivity index is 2.20. The molecule has 1 saturated heterocycles. The van der Waals surface area contributed by atoms with Crippen LogP contribution >= 0.6 is 0 Å². The summed E-state index contributed by atoms with van der Waals surface area (Å²) in [7, 11) is -3.10. The van der Waals surface area contributed by atoms with Gasteiger partial charge in [0.2, 0.25) is 5.91 Å². The molecule has 0 unspecified atom stereocenters. The molecule has 1 aliphatic heterocycles. The smallest absolute Gasteiger partial charge is 0.234 e. The molecule has 0 bridgehead atoms. The van der Waals surface area contributed by atoms with Crippen LogP contribution in [0.3, 0.4) is 0 Å². The Morgan fingerprint density at radius 1 is 1.39 bits per heavy atom. The van der Waals surface area contributed by atoms with Gasteiger partial charge in [-0.05, 0) is 31.8 Å². The lowest BCUT2D eigenvalue weighted by Gasteiger charge is -2.29. The summed E-state index contributed by atoms with van der Waals surface area (Å²) in [5, 5.41) is 3.79. The molecule has 0 radical (unpaired) electrons. The summed E-state index contributed by atoms with van der Waals surface area (Å²) in [4.78, 5) is 13.7. The minimum atomic E-state index is -3.10. The van der Waals surface area contributed by atoms with Crippen LogP contribution in [0.5, 0.6) is 0 Å². The average Bonchev–Trinajstić information content (AvgIpc) is 2.26. The van der Waals surface area contributed by atoms with Crippen molar-refractivity contribution in [1.29, 1.82) is 0 Å². The number of nitrogens with zero attached hydrogens (tertiary/aromatic N) is 1. The molecule has 1 fully saturated rings. The van der Waals surface area contributed by atoms with Gasteiger partial charge in [-0.25, -0.2) is 8.42 Å². The predicted octanol–water partition coefficient (Wildman–Crippen LogP) is 0.393. The third-order valence-corrected chi connectivity index (χ3v) is 3.69. The summed E-state index contributed by atoms with van der Waals surface area (Å²) in [5.41, 5.74) is 0. The lowest BCUT2D eigenvalue weighted by atomic mass is 9.99. The van der Waals surface area contributed by atoms with Crippen LogP contribution in [0.25, 0.3) is 0 Å². The van der Waals surface area contributed by atoms with Crippen molar-refractivity contribution >= 4 is 15.7 Å². The van der Waals surface area contributed by atoms with Gasteiger partial charge in [0, 0.05) is 18.2 Å². The number of hydrogen-bond acceptors (Lipinski definition) is 4. The van der Waals surface area contributed by atoms with E-state index >= 15 is 0 Å². The van der Waals surface area contributed by atoms with E-state index < -0.39 is 9.84 Å². The van der Waals surface area contributed by atoms with Gasteiger partial charge in [0.25, 0.3) is 0 Å². The number of likely N-dealkylation sites (tertiary alicyclic amines) is 1. The van der Waals surface area contributed by atoms with Crippen LogP contribution in [0.4, 0.5) is 0 Å². The fraction of sp³-hybridized carbons (Fsp3) is 0.750. The summed E-state index contributed by atoms with van der Waals surface area (Å²) >= 11 is 0. The van der Waals surface area contributed by atoms with Gasteiger partial charge in [-0.15, -0.1) is 0 Å². The van der Waals surface area contributed by atoms with Gasteiger partial charge in [0.05, 0.1) is 6.54 Å². The van der Waals surface area contributed by atoms with Crippen molar-refractivity contribution in [2.24, 2.45) is 5.92 Å². The molecule has 0 aliphatic carbocycles. The maximum Gasteiger partial charge on any atom is 0.234 e. The first-order valence-electron chi connectivity index (χ1n) is 6.22. The van der Waals surface area contributed by atoms with Crippen molar-refractivity contribution in [1.82, 2.24) is 10.2 Å². The predicted molar refractivity (Wildman–Crippen MR) is 71.8 cm³/mol. The molecular weight excluding hydrogens is 252 g/mol. The SMILES string of the molecule is CC1CCN(CC(=O)NC/C=C/S(C)(=O)=O)CC1. The Morgan fingerprint density at radius 2 is 2.00 bits per heavy atom. The van der Waals surface area contributed by atoms with Gasteiger partial charge in [-0.2, -0.15) is 0 Å². The Kier molecular flexibility index (Phi) is 5.81. The van der Waals surface area contributed by atoms with Gasteiger partial charge in [-0.3, -0.25) is 9.69 Å². The topological polar surface area (TPSA) is 66.5 Å². The number of sulfone groups is 1.